The highest BCUT2D eigenvalue weighted by atomic mass is 32.2. The van der Waals surface area contributed by atoms with Crippen molar-refractivity contribution in [2.75, 3.05) is 0 Å². The minimum absolute atomic E-state index is 0.0118. The number of hydrogen-bond donors (Lipinski definition) is 0. The van der Waals surface area contributed by atoms with Crippen molar-refractivity contribution in [3.05, 3.63) is 36.4 Å². The van der Waals surface area contributed by atoms with Crippen LogP contribution in [0.4, 0.5) is 0 Å². The molecule has 0 saturated carbocycles. The van der Waals surface area contributed by atoms with Gasteiger partial charge in [-0.2, -0.15) is 0 Å². The van der Waals surface area contributed by atoms with Crippen molar-refractivity contribution < 1.29 is 13.2 Å². The third-order valence-electron chi connectivity index (χ3n) is 3.62. The molecule has 17 heavy (non-hydrogen) atoms. The van der Waals surface area contributed by atoms with Crippen molar-refractivity contribution in [1.82, 2.24) is 0 Å². The molecule has 1 fully saturated rings. The predicted octanol–water partition coefficient (Wildman–Crippen LogP) is 1.34. The number of benzene rings is 1. The molecule has 88 valence electrons. The van der Waals surface area contributed by atoms with Gasteiger partial charge in [0.15, 0.2) is 4.08 Å². The van der Waals surface area contributed by atoms with Crippen molar-refractivity contribution in [2.24, 2.45) is 0 Å². The number of rotatable bonds is 0. The van der Waals surface area contributed by atoms with E-state index in [0.29, 0.717) is 6.42 Å². The van der Waals surface area contributed by atoms with E-state index in [1.54, 1.807) is 0 Å². The van der Waals surface area contributed by atoms with Crippen molar-refractivity contribution in [3.8, 4) is 0 Å². The Kier molecular flexibility index (Phi) is 1.89. The first kappa shape index (κ1) is 10.2. The van der Waals surface area contributed by atoms with Crippen molar-refractivity contribution >= 4 is 21.6 Å². The lowest BCUT2D eigenvalue weighted by molar-refractivity contribution is 0.119. The topological polar surface area (TPSA) is 43.4 Å². The first-order chi connectivity index (χ1) is 8.23. The molecular weight excluding hydrogens is 256 g/mol. The molecule has 2 bridgehead atoms. The fraction of sp³-hybridized carbons (Fsp3) is 0.333. The molecule has 4 rings (SSSR count). The molecule has 0 aliphatic carbocycles. The standard InChI is InChI=1S/C12H10O3S2/c13-16-9-3-1-2-4-10(9)17(14)12(16)7-8-5-6-11(12)15-8/h1-6,8,11H,7H2/t8-,11+,12?,16-,17+/m1/s1. The second-order valence-electron chi connectivity index (χ2n) is 4.48. The molecule has 0 N–H and O–H groups in total. The van der Waals surface area contributed by atoms with Crippen molar-refractivity contribution in [3.63, 3.8) is 0 Å². The molecule has 5 heteroatoms. The first-order valence-electron chi connectivity index (χ1n) is 5.50. The van der Waals surface area contributed by atoms with E-state index >= 15 is 0 Å². The molecule has 1 aromatic rings. The summed E-state index contributed by atoms with van der Waals surface area (Å²) in [6.07, 6.45) is 4.22. The average Bonchev–Trinajstić information content (AvgIpc) is 3.01. The van der Waals surface area contributed by atoms with Crippen LogP contribution < -0.4 is 0 Å². The van der Waals surface area contributed by atoms with Gasteiger partial charge in [-0.1, -0.05) is 24.3 Å². The summed E-state index contributed by atoms with van der Waals surface area (Å²) in [4.78, 5) is 1.44. The van der Waals surface area contributed by atoms with Gasteiger partial charge in [0.2, 0.25) is 0 Å². The summed E-state index contributed by atoms with van der Waals surface area (Å²) in [5.74, 6) is 0. The molecule has 3 aliphatic rings. The Morgan fingerprint density at radius 1 is 1.12 bits per heavy atom. The summed E-state index contributed by atoms with van der Waals surface area (Å²) >= 11 is 0. The largest absolute Gasteiger partial charge is 0.364 e. The van der Waals surface area contributed by atoms with Crippen LogP contribution in [0.25, 0.3) is 0 Å². The Bertz CT molecular complexity index is 558. The first-order valence-corrected chi connectivity index (χ1v) is 7.80. The molecule has 1 unspecified atom stereocenters. The van der Waals surface area contributed by atoms with E-state index in [0.717, 1.165) is 9.79 Å². The van der Waals surface area contributed by atoms with Crippen LogP contribution in [0.5, 0.6) is 0 Å². The van der Waals surface area contributed by atoms with Gasteiger partial charge < -0.3 is 4.74 Å². The van der Waals surface area contributed by atoms with Gasteiger partial charge in [-0.25, -0.2) is 0 Å². The van der Waals surface area contributed by atoms with Gasteiger partial charge in [-0.05, 0) is 12.1 Å². The Labute approximate surface area is 104 Å². The number of hydrogen-bond acceptors (Lipinski definition) is 3. The second-order valence-corrected chi connectivity index (χ2v) is 8.15. The highest BCUT2D eigenvalue weighted by Crippen LogP contribution is 2.52. The van der Waals surface area contributed by atoms with Crippen LogP contribution in [0.3, 0.4) is 0 Å². The Balaban J connectivity index is 1.95. The average molecular weight is 266 g/mol. The lowest BCUT2D eigenvalue weighted by Crippen LogP contribution is -2.42. The monoisotopic (exact) mass is 266 g/mol. The molecule has 0 aromatic heterocycles. The summed E-state index contributed by atoms with van der Waals surface area (Å²) < 4.78 is 30.2. The van der Waals surface area contributed by atoms with Crippen LogP contribution in [0, 0.1) is 0 Å². The van der Waals surface area contributed by atoms with Crippen LogP contribution in [0.15, 0.2) is 46.2 Å². The summed E-state index contributed by atoms with van der Waals surface area (Å²) in [5.41, 5.74) is 0. The van der Waals surface area contributed by atoms with E-state index in [-0.39, 0.29) is 12.2 Å². The van der Waals surface area contributed by atoms with Gasteiger partial charge in [-0.15, -0.1) is 0 Å². The molecule has 5 atom stereocenters. The minimum atomic E-state index is -1.24. The molecular formula is C12H10O3S2. The third kappa shape index (κ3) is 1.05. The minimum Gasteiger partial charge on any atom is -0.364 e. The summed E-state index contributed by atoms with van der Waals surface area (Å²) in [6, 6.07) is 7.31. The Hall–Kier alpha value is -0.780. The van der Waals surface area contributed by atoms with E-state index < -0.39 is 25.7 Å². The number of fused-ring (bicyclic) bond motifs is 4. The molecule has 1 saturated heterocycles. The molecule has 3 aliphatic heterocycles. The molecule has 3 nitrogen and oxygen atoms in total. The zero-order valence-corrected chi connectivity index (χ0v) is 10.5. The smallest absolute Gasteiger partial charge is 0.162 e. The van der Waals surface area contributed by atoms with Crippen LogP contribution in [0.1, 0.15) is 6.42 Å². The molecule has 0 radical (unpaired) electrons. The molecule has 1 spiro atoms. The second kappa shape index (κ2) is 3.16. The maximum atomic E-state index is 12.6. The molecule has 1 aromatic carbocycles. The number of ether oxygens (including phenoxy) is 1. The normalized spacial score (nSPS) is 45.6. The van der Waals surface area contributed by atoms with Crippen LogP contribution in [0.2, 0.25) is 0 Å². The summed E-state index contributed by atoms with van der Waals surface area (Å²) in [6.45, 7) is 0. The van der Waals surface area contributed by atoms with Gasteiger partial charge in [0.25, 0.3) is 0 Å². The quantitative estimate of drug-likeness (QED) is 0.666. The van der Waals surface area contributed by atoms with Gasteiger partial charge in [0, 0.05) is 6.42 Å². The van der Waals surface area contributed by atoms with Gasteiger partial charge in [0.1, 0.15) is 6.10 Å². The lowest BCUT2D eigenvalue weighted by Gasteiger charge is -2.25. The van der Waals surface area contributed by atoms with E-state index in [1.807, 2.05) is 36.4 Å². The Morgan fingerprint density at radius 3 is 2.24 bits per heavy atom. The lowest BCUT2D eigenvalue weighted by atomic mass is 10.1. The van der Waals surface area contributed by atoms with E-state index in [9.17, 15) is 8.42 Å². The van der Waals surface area contributed by atoms with Crippen molar-refractivity contribution in [1.29, 1.82) is 0 Å². The fourth-order valence-electron chi connectivity index (χ4n) is 2.83. The van der Waals surface area contributed by atoms with Gasteiger partial charge in [-0.3, -0.25) is 8.42 Å². The van der Waals surface area contributed by atoms with E-state index in [1.165, 1.54) is 0 Å². The van der Waals surface area contributed by atoms with E-state index in [4.69, 9.17) is 4.74 Å². The Morgan fingerprint density at radius 2 is 1.76 bits per heavy atom. The maximum absolute atomic E-state index is 12.6. The zero-order valence-electron chi connectivity index (χ0n) is 8.87. The van der Waals surface area contributed by atoms with Crippen LogP contribution >= 0.6 is 0 Å². The zero-order chi connectivity index (χ0) is 11.6. The summed E-state index contributed by atoms with van der Waals surface area (Å²) in [5, 5.41) is 0. The van der Waals surface area contributed by atoms with Crippen molar-refractivity contribution in [2.45, 2.75) is 32.5 Å². The highest BCUT2D eigenvalue weighted by molar-refractivity contribution is 8.07. The molecule has 3 heterocycles. The van der Waals surface area contributed by atoms with Gasteiger partial charge >= 0.3 is 0 Å². The molecule has 0 amide bonds. The van der Waals surface area contributed by atoms with E-state index in [2.05, 4.69) is 0 Å². The van der Waals surface area contributed by atoms with Gasteiger partial charge in [0.05, 0.1) is 37.5 Å². The van der Waals surface area contributed by atoms with Crippen LogP contribution in [-0.4, -0.2) is 24.7 Å². The summed E-state index contributed by atoms with van der Waals surface area (Å²) in [7, 11) is -2.48. The van der Waals surface area contributed by atoms with Crippen LogP contribution in [-0.2, 0) is 26.3 Å². The SMILES string of the molecule is O=[S@@]1c2ccccc2[S@](=O)C12C[C@H]1C=C[C@@H]2O1. The highest BCUT2D eigenvalue weighted by Gasteiger charge is 2.62. The third-order valence-corrected chi connectivity index (χ3v) is 8.22. The fourth-order valence-corrected chi connectivity index (χ4v) is 7.34. The maximum Gasteiger partial charge on any atom is 0.162 e. The predicted molar refractivity (Wildman–Crippen MR) is 64.4 cm³/mol.